The van der Waals surface area contributed by atoms with E-state index in [0.717, 1.165) is 31.1 Å². The smallest absolute Gasteiger partial charge is 0.262 e. The second-order valence-corrected chi connectivity index (χ2v) is 8.53. The second-order valence-electron chi connectivity index (χ2n) is 8.53. The van der Waals surface area contributed by atoms with Crippen LogP contribution in [0.5, 0.6) is 5.75 Å². The third-order valence-corrected chi connectivity index (χ3v) is 6.21. The van der Waals surface area contributed by atoms with Gasteiger partial charge >= 0.3 is 0 Å². The van der Waals surface area contributed by atoms with Gasteiger partial charge in [-0.15, -0.1) is 0 Å². The van der Waals surface area contributed by atoms with Crippen LogP contribution in [-0.2, 0) is 11.2 Å². The quantitative estimate of drug-likeness (QED) is 0.423. The molecule has 0 spiro atoms. The number of aryl methyl sites for hydroxylation is 1. The summed E-state index contributed by atoms with van der Waals surface area (Å²) in [5.41, 5.74) is 1.08. The highest BCUT2D eigenvalue weighted by molar-refractivity contribution is 5.77. The van der Waals surface area contributed by atoms with Crippen molar-refractivity contribution in [1.29, 1.82) is 0 Å². The Morgan fingerprint density at radius 2 is 1.69 bits per heavy atom. The van der Waals surface area contributed by atoms with E-state index in [1.807, 2.05) is 65.6 Å². The van der Waals surface area contributed by atoms with Gasteiger partial charge in [-0.3, -0.25) is 14.5 Å². The molecule has 180 valence electrons. The number of para-hydroxylation sites is 2. The Balaban J connectivity index is 1.14. The summed E-state index contributed by atoms with van der Waals surface area (Å²) in [6.45, 7) is 4.47. The summed E-state index contributed by atoms with van der Waals surface area (Å²) in [5, 5.41) is 4.75. The van der Waals surface area contributed by atoms with Crippen LogP contribution >= 0.6 is 0 Å². The molecular weight excluding hydrogens is 444 g/mol. The molecule has 0 saturated carbocycles. The van der Waals surface area contributed by atoms with E-state index in [4.69, 9.17) is 4.74 Å². The minimum Gasteiger partial charge on any atom is -0.492 e. The molecule has 1 aliphatic heterocycles. The van der Waals surface area contributed by atoms with E-state index in [-0.39, 0.29) is 11.5 Å². The van der Waals surface area contributed by atoms with Crippen molar-refractivity contribution < 1.29 is 9.53 Å². The number of H-pyrrole nitrogens is 1. The Morgan fingerprint density at radius 3 is 2.43 bits per heavy atom. The van der Waals surface area contributed by atoms with Crippen molar-refractivity contribution in [3.8, 4) is 11.4 Å². The van der Waals surface area contributed by atoms with Gasteiger partial charge in [-0.25, -0.2) is 9.67 Å². The van der Waals surface area contributed by atoms with E-state index in [9.17, 15) is 9.59 Å². The fourth-order valence-corrected chi connectivity index (χ4v) is 4.25. The zero-order chi connectivity index (χ0) is 24.0. The van der Waals surface area contributed by atoms with E-state index in [2.05, 4.69) is 20.0 Å². The number of ether oxygens (including phenoxy) is 1. The summed E-state index contributed by atoms with van der Waals surface area (Å²) in [7, 11) is 0. The molecule has 2 aromatic carbocycles. The summed E-state index contributed by atoms with van der Waals surface area (Å²) in [6.07, 6.45) is 2.19. The minimum atomic E-state index is -0.244. The van der Waals surface area contributed by atoms with Crippen molar-refractivity contribution in [2.45, 2.75) is 12.8 Å². The molecule has 3 heterocycles. The Bertz CT molecular complexity index is 1330. The van der Waals surface area contributed by atoms with Crippen LogP contribution in [0, 0.1) is 0 Å². The molecule has 0 atom stereocenters. The van der Waals surface area contributed by atoms with Gasteiger partial charge in [-0.2, -0.15) is 5.10 Å². The van der Waals surface area contributed by atoms with Gasteiger partial charge < -0.3 is 14.6 Å². The van der Waals surface area contributed by atoms with Gasteiger partial charge in [0.1, 0.15) is 23.6 Å². The molecule has 1 saturated heterocycles. The molecule has 0 unspecified atom stereocenters. The van der Waals surface area contributed by atoms with E-state index in [1.165, 1.54) is 6.20 Å². The number of amides is 1. The Hall–Kier alpha value is -3.98. The van der Waals surface area contributed by atoms with E-state index in [1.54, 1.807) is 4.68 Å². The number of piperazine rings is 1. The first-order chi connectivity index (χ1) is 17.2. The molecule has 5 rings (SSSR count). The zero-order valence-corrected chi connectivity index (χ0v) is 19.5. The summed E-state index contributed by atoms with van der Waals surface area (Å²) in [4.78, 5) is 37.0. The number of carbonyl (C=O) groups excluding carboxylic acids is 1. The molecule has 1 N–H and O–H groups in total. The van der Waals surface area contributed by atoms with Crippen LogP contribution in [0.3, 0.4) is 0 Å². The summed E-state index contributed by atoms with van der Waals surface area (Å²) >= 11 is 0. The molecule has 9 nitrogen and oxygen atoms in total. The van der Waals surface area contributed by atoms with Gasteiger partial charge in [0.25, 0.3) is 5.56 Å². The number of hydrogen-bond acceptors (Lipinski definition) is 6. The van der Waals surface area contributed by atoms with Crippen molar-refractivity contribution in [3.05, 3.63) is 83.0 Å². The largest absolute Gasteiger partial charge is 0.492 e. The lowest BCUT2D eigenvalue weighted by Gasteiger charge is -2.34. The van der Waals surface area contributed by atoms with E-state index >= 15 is 0 Å². The van der Waals surface area contributed by atoms with Crippen LogP contribution < -0.4 is 10.3 Å². The summed E-state index contributed by atoms with van der Waals surface area (Å²) in [6, 6.07) is 19.3. The average molecular weight is 473 g/mol. The van der Waals surface area contributed by atoms with Crippen molar-refractivity contribution in [2.24, 2.45) is 0 Å². The first kappa shape index (κ1) is 22.8. The van der Waals surface area contributed by atoms with Gasteiger partial charge in [0.05, 0.1) is 11.9 Å². The Labute approximate surface area is 203 Å². The highest BCUT2D eigenvalue weighted by Gasteiger charge is 2.21. The number of nitrogens with one attached hydrogen (secondary N) is 1. The third-order valence-electron chi connectivity index (χ3n) is 6.21. The molecular formula is C26H28N6O3. The molecule has 4 aromatic rings. The van der Waals surface area contributed by atoms with Crippen molar-refractivity contribution in [3.63, 3.8) is 0 Å². The molecule has 0 aliphatic carbocycles. The van der Waals surface area contributed by atoms with Crippen LogP contribution in [-0.4, -0.2) is 74.8 Å². The predicted octanol–water partition coefficient (Wildman–Crippen LogP) is 2.26. The fourth-order valence-electron chi connectivity index (χ4n) is 4.25. The lowest BCUT2D eigenvalue weighted by molar-refractivity contribution is -0.132. The molecule has 35 heavy (non-hydrogen) atoms. The van der Waals surface area contributed by atoms with E-state index < -0.39 is 0 Å². The number of fused-ring (bicyclic) bond motifs is 1. The van der Waals surface area contributed by atoms with Crippen molar-refractivity contribution in [2.75, 3.05) is 39.3 Å². The number of benzene rings is 2. The molecule has 2 aromatic heterocycles. The molecule has 9 heteroatoms. The SMILES string of the molecule is O=C(CCc1nc2c(cnn2-c2ccccc2)c(=O)[nH]1)N1CCN(CCOc2ccccc2)CC1. The normalized spacial score (nSPS) is 14.3. The lowest BCUT2D eigenvalue weighted by atomic mass is 10.2. The Morgan fingerprint density at radius 1 is 0.971 bits per heavy atom. The molecule has 1 aliphatic rings. The number of aromatic nitrogens is 4. The maximum absolute atomic E-state index is 12.8. The van der Waals surface area contributed by atoms with Gasteiger partial charge in [0, 0.05) is 45.6 Å². The topological polar surface area (TPSA) is 96.3 Å². The molecule has 1 amide bonds. The van der Waals surface area contributed by atoms with Gasteiger partial charge in [0.15, 0.2) is 5.65 Å². The number of rotatable bonds is 8. The maximum atomic E-state index is 12.8. The van der Waals surface area contributed by atoms with Gasteiger partial charge in [-0.1, -0.05) is 36.4 Å². The minimum absolute atomic E-state index is 0.0736. The van der Waals surface area contributed by atoms with Crippen LogP contribution in [0.4, 0.5) is 0 Å². The molecule has 0 radical (unpaired) electrons. The molecule has 0 bridgehead atoms. The predicted molar refractivity (Wildman–Crippen MR) is 133 cm³/mol. The highest BCUT2D eigenvalue weighted by atomic mass is 16.5. The summed E-state index contributed by atoms with van der Waals surface area (Å²) in [5.74, 6) is 1.44. The monoisotopic (exact) mass is 472 g/mol. The van der Waals surface area contributed by atoms with Gasteiger partial charge in [-0.05, 0) is 24.3 Å². The van der Waals surface area contributed by atoms with Crippen molar-refractivity contribution in [1.82, 2.24) is 29.5 Å². The van der Waals surface area contributed by atoms with E-state index in [0.29, 0.717) is 49.4 Å². The standard InChI is InChI=1S/C26H28N6O3/c33-24(31-15-13-30(14-16-31)17-18-35-21-9-5-2-6-10-21)12-11-23-28-25-22(26(34)29-23)19-27-32(25)20-7-3-1-4-8-20/h1-10,19H,11-18H2,(H,28,29,34). The zero-order valence-electron chi connectivity index (χ0n) is 19.5. The first-order valence-corrected chi connectivity index (χ1v) is 11.9. The number of aromatic amines is 1. The number of hydrogen-bond donors (Lipinski definition) is 1. The van der Waals surface area contributed by atoms with Crippen LogP contribution in [0.25, 0.3) is 16.7 Å². The van der Waals surface area contributed by atoms with Gasteiger partial charge in [0.2, 0.25) is 5.91 Å². The summed E-state index contributed by atoms with van der Waals surface area (Å²) < 4.78 is 7.43. The molecule has 1 fully saturated rings. The highest BCUT2D eigenvalue weighted by Crippen LogP contribution is 2.14. The first-order valence-electron chi connectivity index (χ1n) is 11.9. The van der Waals surface area contributed by atoms with Crippen LogP contribution in [0.1, 0.15) is 12.2 Å². The number of carbonyl (C=O) groups is 1. The lowest BCUT2D eigenvalue weighted by Crippen LogP contribution is -2.49. The fraction of sp³-hybridized carbons (Fsp3) is 0.308. The Kier molecular flexibility index (Phi) is 6.85. The third kappa shape index (κ3) is 5.41. The second kappa shape index (κ2) is 10.5. The van der Waals surface area contributed by atoms with Crippen LogP contribution in [0.2, 0.25) is 0 Å². The maximum Gasteiger partial charge on any atom is 0.262 e. The van der Waals surface area contributed by atoms with Crippen LogP contribution in [0.15, 0.2) is 71.7 Å². The average Bonchev–Trinajstić information content (AvgIpc) is 3.33. The number of nitrogens with zero attached hydrogens (tertiary/aromatic N) is 5. The van der Waals surface area contributed by atoms with Crippen molar-refractivity contribution >= 4 is 16.9 Å².